The van der Waals surface area contributed by atoms with Gasteiger partial charge in [0.05, 0.1) is 12.8 Å². The Labute approximate surface area is 82.1 Å². The highest BCUT2D eigenvalue weighted by Crippen LogP contribution is 2.22. The van der Waals surface area contributed by atoms with Crippen molar-refractivity contribution in [2.24, 2.45) is 11.0 Å². The van der Waals surface area contributed by atoms with E-state index in [0.717, 1.165) is 0 Å². The maximum atomic E-state index is 10.7. The van der Waals surface area contributed by atoms with E-state index in [-0.39, 0.29) is 12.8 Å². The van der Waals surface area contributed by atoms with Gasteiger partial charge < -0.3 is 18.8 Å². The van der Waals surface area contributed by atoms with Gasteiger partial charge >= 0.3 is 29.0 Å². The van der Waals surface area contributed by atoms with E-state index in [4.69, 9.17) is 20.8 Å². The molecule has 0 aromatic carbocycles. The molecule has 0 saturated heterocycles. The van der Waals surface area contributed by atoms with Crippen molar-refractivity contribution in [3.8, 4) is 0 Å². The number of hydrogen-bond acceptors (Lipinski definition) is 8. The molecule has 0 fully saturated rings. The van der Waals surface area contributed by atoms with Gasteiger partial charge in [0.2, 0.25) is 0 Å². The zero-order valence-corrected chi connectivity index (χ0v) is 8.78. The molecule has 0 rings (SSSR count). The monoisotopic (exact) mass is 244 g/mol. The minimum Gasteiger partial charge on any atom is -0.404 e. The fourth-order valence-corrected chi connectivity index (χ4v) is 1.10. The van der Waals surface area contributed by atoms with E-state index >= 15 is 0 Å². The van der Waals surface area contributed by atoms with Gasteiger partial charge in [0.25, 0.3) is 0 Å². The molecule has 14 heavy (non-hydrogen) atoms. The first-order chi connectivity index (χ1) is 6.41. The van der Waals surface area contributed by atoms with Gasteiger partial charge in [-0.1, -0.05) is 0 Å². The molecule has 0 radical (unpaired) electrons. The summed E-state index contributed by atoms with van der Waals surface area (Å²) in [7, 11) is -4.52. The number of carbonyl (C=O) groups excluding carboxylic acids is 2. The molecule has 82 valence electrons. The van der Waals surface area contributed by atoms with Crippen LogP contribution in [-0.2, 0) is 18.6 Å². The standard InChI is InChI=1S/C4H10N2O6P2/c5-13(9)11-3(7)1-2-4(8)12-14(6)10/h9-10H,1-2,5-6H2. The summed E-state index contributed by atoms with van der Waals surface area (Å²) >= 11 is 0. The van der Waals surface area contributed by atoms with E-state index < -0.39 is 29.0 Å². The van der Waals surface area contributed by atoms with E-state index in [2.05, 4.69) is 9.05 Å². The Hall–Kier alpha value is -0.360. The molecule has 6 N–H and O–H groups in total. The third-order valence-corrected chi connectivity index (χ3v) is 1.71. The van der Waals surface area contributed by atoms with Gasteiger partial charge in [-0.15, -0.1) is 0 Å². The van der Waals surface area contributed by atoms with Gasteiger partial charge in [-0.05, 0) is 0 Å². The van der Waals surface area contributed by atoms with Crippen LogP contribution in [0.1, 0.15) is 12.8 Å². The fraction of sp³-hybridized carbons (Fsp3) is 0.500. The Morgan fingerprint density at radius 3 is 1.50 bits per heavy atom. The SMILES string of the molecule is NP(O)OC(=O)CCC(=O)OP(N)O. The second-order valence-corrected chi connectivity index (χ2v) is 3.61. The molecule has 0 saturated carbocycles. The molecule has 0 aromatic rings. The molecule has 0 aromatic heterocycles. The first-order valence-electron chi connectivity index (χ1n) is 3.31. The van der Waals surface area contributed by atoms with Gasteiger partial charge in [-0.3, -0.25) is 20.6 Å². The number of nitrogens with two attached hydrogens (primary N) is 2. The number of hydrogen-bond donors (Lipinski definition) is 4. The fourth-order valence-electron chi connectivity index (χ4n) is 0.504. The van der Waals surface area contributed by atoms with E-state index in [1.807, 2.05) is 0 Å². The third-order valence-electron chi connectivity index (χ3n) is 0.924. The summed E-state index contributed by atoms with van der Waals surface area (Å²) in [6, 6.07) is 0. The van der Waals surface area contributed by atoms with Crippen molar-refractivity contribution in [3.63, 3.8) is 0 Å². The van der Waals surface area contributed by atoms with Crippen LogP contribution in [0.3, 0.4) is 0 Å². The Morgan fingerprint density at radius 2 is 1.29 bits per heavy atom. The molecule has 0 aliphatic carbocycles. The minimum atomic E-state index is -2.26. The van der Waals surface area contributed by atoms with Gasteiger partial charge in [0.15, 0.2) is 0 Å². The summed E-state index contributed by atoms with van der Waals surface area (Å²) in [6.07, 6.45) is -0.586. The van der Waals surface area contributed by atoms with E-state index in [1.54, 1.807) is 0 Å². The maximum absolute atomic E-state index is 10.7. The molecule has 2 unspecified atom stereocenters. The molecule has 8 nitrogen and oxygen atoms in total. The first-order valence-corrected chi connectivity index (χ1v) is 5.87. The van der Waals surface area contributed by atoms with Crippen molar-refractivity contribution >= 4 is 29.0 Å². The average Bonchev–Trinajstić information content (AvgIpc) is 1.98. The topological polar surface area (TPSA) is 145 Å². The molecule has 0 spiro atoms. The van der Waals surface area contributed by atoms with Gasteiger partial charge in [0.1, 0.15) is 0 Å². The zero-order valence-electron chi connectivity index (χ0n) is 6.99. The quantitative estimate of drug-likeness (QED) is 0.460. The van der Waals surface area contributed by atoms with Gasteiger partial charge in [-0.25, -0.2) is 0 Å². The van der Waals surface area contributed by atoms with Crippen LogP contribution < -0.4 is 11.0 Å². The Morgan fingerprint density at radius 1 is 1.00 bits per heavy atom. The lowest BCUT2D eigenvalue weighted by atomic mass is 10.3. The van der Waals surface area contributed by atoms with Crippen LogP contribution in [0.5, 0.6) is 0 Å². The van der Waals surface area contributed by atoms with Gasteiger partial charge in [0, 0.05) is 0 Å². The van der Waals surface area contributed by atoms with Crippen molar-refractivity contribution in [3.05, 3.63) is 0 Å². The van der Waals surface area contributed by atoms with Crippen LogP contribution in [0.25, 0.3) is 0 Å². The minimum absolute atomic E-state index is 0.293. The Bertz CT molecular complexity index is 188. The van der Waals surface area contributed by atoms with Crippen LogP contribution >= 0.6 is 17.1 Å². The van der Waals surface area contributed by atoms with Crippen LogP contribution in [0.15, 0.2) is 0 Å². The average molecular weight is 244 g/mol. The second-order valence-electron chi connectivity index (χ2n) is 2.03. The van der Waals surface area contributed by atoms with E-state index in [0.29, 0.717) is 0 Å². The first kappa shape index (κ1) is 13.6. The molecule has 10 heteroatoms. The van der Waals surface area contributed by atoms with Crippen molar-refractivity contribution in [1.82, 2.24) is 0 Å². The van der Waals surface area contributed by atoms with Crippen LogP contribution in [-0.4, -0.2) is 21.7 Å². The summed E-state index contributed by atoms with van der Waals surface area (Å²) in [6.45, 7) is 0. The summed E-state index contributed by atoms with van der Waals surface area (Å²) in [5, 5.41) is 0. The second kappa shape index (κ2) is 7.00. The maximum Gasteiger partial charge on any atom is 0.314 e. The lowest BCUT2D eigenvalue weighted by Crippen LogP contribution is -2.09. The van der Waals surface area contributed by atoms with Crippen LogP contribution in [0.2, 0.25) is 0 Å². The van der Waals surface area contributed by atoms with Gasteiger partial charge in [-0.2, -0.15) is 0 Å². The summed E-state index contributed by atoms with van der Waals surface area (Å²) in [5.74, 6) is -1.64. The van der Waals surface area contributed by atoms with Crippen molar-refractivity contribution < 1.29 is 28.4 Å². The molecular formula is C4H10N2O6P2. The summed E-state index contributed by atoms with van der Waals surface area (Å²) in [5.41, 5.74) is 9.57. The highest BCUT2D eigenvalue weighted by molar-refractivity contribution is 7.44. The predicted molar refractivity (Wildman–Crippen MR) is 48.1 cm³/mol. The molecule has 0 heterocycles. The Balaban J connectivity index is 3.61. The molecule has 0 bridgehead atoms. The molecule has 0 aliphatic rings. The molecular weight excluding hydrogens is 234 g/mol. The predicted octanol–water partition coefficient (Wildman–Crippen LogP) is -0.791. The highest BCUT2D eigenvalue weighted by atomic mass is 31.2. The number of rotatable bonds is 5. The largest absolute Gasteiger partial charge is 0.404 e. The number of carbonyl (C=O) groups is 2. The third kappa shape index (κ3) is 8.25. The van der Waals surface area contributed by atoms with Crippen molar-refractivity contribution in [1.29, 1.82) is 0 Å². The Kier molecular flexibility index (Phi) is 6.82. The molecule has 0 amide bonds. The van der Waals surface area contributed by atoms with Crippen molar-refractivity contribution in [2.45, 2.75) is 12.8 Å². The van der Waals surface area contributed by atoms with Crippen LogP contribution in [0, 0.1) is 0 Å². The van der Waals surface area contributed by atoms with E-state index in [1.165, 1.54) is 0 Å². The molecule has 2 atom stereocenters. The highest BCUT2D eigenvalue weighted by Gasteiger charge is 2.13. The van der Waals surface area contributed by atoms with Crippen molar-refractivity contribution in [2.75, 3.05) is 0 Å². The zero-order chi connectivity index (χ0) is 11.1. The van der Waals surface area contributed by atoms with E-state index in [9.17, 15) is 9.59 Å². The molecule has 0 aliphatic heterocycles. The summed E-state index contributed by atoms with van der Waals surface area (Å²) in [4.78, 5) is 38.3. The lowest BCUT2D eigenvalue weighted by molar-refractivity contribution is -0.140. The normalized spacial score (nSPS) is 14.3. The van der Waals surface area contributed by atoms with Crippen LogP contribution in [0.4, 0.5) is 0 Å². The lowest BCUT2D eigenvalue weighted by Gasteiger charge is -2.05. The smallest absolute Gasteiger partial charge is 0.314 e. The summed E-state index contributed by atoms with van der Waals surface area (Å²) < 4.78 is 8.34.